The SMILES string of the molecule is CCc1nc2ccccc2n1-c1ccc(-c2ccc(-c3nn4c(-c5ccccc5)cc5ccccc5c4c3C)cc2)cc1. The molecule has 0 amide bonds. The minimum absolute atomic E-state index is 0.878. The van der Waals surface area contributed by atoms with Gasteiger partial charge in [-0.25, -0.2) is 9.50 Å². The predicted molar refractivity (Wildman–Crippen MR) is 178 cm³/mol. The highest BCUT2D eigenvalue weighted by atomic mass is 15.2. The molecule has 0 unspecified atom stereocenters. The Morgan fingerprint density at radius 2 is 1.28 bits per heavy atom. The smallest absolute Gasteiger partial charge is 0.114 e. The van der Waals surface area contributed by atoms with Crippen molar-refractivity contribution in [2.75, 3.05) is 0 Å². The van der Waals surface area contributed by atoms with Crippen LogP contribution in [0.15, 0.2) is 133 Å². The minimum atomic E-state index is 0.878. The zero-order valence-corrected chi connectivity index (χ0v) is 24.2. The van der Waals surface area contributed by atoms with Crippen molar-refractivity contribution in [2.45, 2.75) is 20.3 Å². The van der Waals surface area contributed by atoms with Crippen molar-refractivity contribution in [3.05, 3.63) is 145 Å². The highest BCUT2D eigenvalue weighted by molar-refractivity contribution is 6.01. The molecule has 0 saturated carbocycles. The average molecular weight is 555 g/mol. The second kappa shape index (κ2) is 10.1. The summed E-state index contributed by atoms with van der Waals surface area (Å²) in [5, 5.41) is 7.63. The first-order chi connectivity index (χ1) is 21.2. The van der Waals surface area contributed by atoms with Crippen LogP contribution in [-0.4, -0.2) is 19.2 Å². The van der Waals surface area contributed by atoms with Crippen molar-refractivity contribution < 1.29 is 0 Å². The molecule has 5 aromatic carbocycles. The van der Waals surface area contributed by atoms with E-state index in [4.69, 9.17) is 10.1 Å². The van der Waals surface area contributed by atoms with Crippen LogP contribution in [0.25, 0.3) is 66.7 Å². The second-order valence-corrected chi connectivity index (χ2v) is 11.0. The van der Waals surface area contributed by atoms with Crippen LogP contribution >= 0.6 is 0 Å². The van der Waals surface area contributed by atoms with Crippen molar-refractivity contribution >= 4 is 27.3 Å². The van der Waals surface area contributed by atoms with Gasteiger partial charge in [0.1, 0.15) is 5.82 Å². The maximum absolute atomic E-state index is 5.20. The van der Waals surface area contributed by atoms with Gasteiger partial charge in [0.25, 0.3) is 0 Å². The molecule has 0 N–H and O–H groups in total. The molecule has 0 radical (unpaired) electrons. The lowest BCUT2D eigenvalue weighted by molar-refractivity contribution is 0.908. The van der Waals surface area contributed by atoms with Gasteiger partial charge in [0.2, 0.25) is 0 Å². The van der Waals surface area contributed by atoms with E-state index in [0.29, 0.717) is 0 Å². The van der Waals surface area contributed by atoms with E-state index in [2.05, 4.69) is 150 Å². The minimum Gasteiger partial charge on any atom is -0.296 e. The van der Waals surface area contributed by atoms with Gasteiger partial charge in [-0.05, 0) is 53.8 Å². The fourth-order valence-electron chi connectivity index (χ4n) is 6.35. The van der Waals surface area contributed by atoms with E-state index in [0.717, 1.165) is 57.0 Å². The van der Waals surface area contributed by atoms with E-state index in [1.54, 1.807) is 0 Å². The number of imidazole rings is 1. The van der Waals surface area contributed by atoms with Crippen molar-refractivity contribution in [3.63, 3.8) is 0 Å². The van der Waals surface area contributed by atoms with Crippen LogP contribution in [0.5, 0.6) is 0 Å². The van der Waals surface area contributed by atoms with Crippen molar-refractivity contribution in [3.8, 4) is 39.3 Å². The molecule has 0 spiro atoms. The Balaban J connectivity index is 1.18. The predicted octanol–water partition coefficient (Wildman–Crippen LogP) is 9.70. The molecule has 0 aliphatic heterocycles. The monoisotopic (exact) mass is 554 g/mol. The summed E-state index contributed by atoms with van der Waals surface area (Å²) in [6.07, 6.45) is 0.878. The fraction of sp³-hybridized carbons (Fsp3) is 0.0769. The van der Waals surface area contributed by atoms with E-state index >= 15 is 0 Å². The van der Waals surface area contributed by atoms with Gasteiger partial charge in [-0.15, -0.1) is 0 Å². The van der Waals surface area contributed by atoms with Crippen LogP contribution in [-0.2, 0) is 6.42 Å². The molecule has 4 heteroatoms. The molecule has 0 fully saturated rings. The Kier molecular flexibility index (Phi) is 5.93. The van der Waals surface area contributed by atoms with Crippen LogP contribution in [0.3, 0.4) is 0 Å². The molecule has 3 heterocycles. The third kappa shape index (κ3) is 4.14. The number of aryl methyl sites for hydroxylation is 2. The van der Waals surface area contributed by atoms with Crippen LogP contribution in [0, 0.1) is 6.92 Å². The Bertz CT molecular complexity index is 2250. The van der Waals surface area contributed by atoms with Crippen LogP contribution < -0.4 is 0 Å². The van der Waals surface area contributed by atoms with Gasteiger partial charge < -0.3 is 0 Å². The number of aromatic nitrogens is 4. The molecule has 0 aliphatic rings. The van der Waals surface area contributed by atoms with Gasteiger partial charge in [-0.2, -0.15) is 5.10 Å². The summed E-state index contributed by atoms with van der Waals surface area (Å²) in [5.74, 6) is 1.07. The van der Waals surface area contributed by atoms with Gasteiger partial charge in [-0.3, -0.25) is 4.57 Å². The second-order valence-electron chi connectivity index (χ2n) is 11.0. The molecule has 3 aromatic heterocycles. The highest BCUT2D eigenvalue weighted by Gasteiger charge is 2.17. The van der Waals surface area contributed by atoms with Crippen molar-refractivity contribution in [2.24, 2.45) is 0 Å². The van der Waals surface area contributed by atoms with Crippen LogP contribution in [0.1, 0.15) is 18.3 Å². The first kappa shape index (κ1) is 25.2. The molecule has 4 nitrogen and oxygen atoms in total. The summed E-state index contributed by atoms with van der Waals surface area (Å²) in [6, 6.07) is 47.3. The molecule has 0 bridgehead atoms. The number of fused-ring (bicyclic) bond motifs is 4. The Morgan fingerprint density at radius 1 is 0.628 bits per heavy atom. The molecule has 206 valence electrons. The lowest BCUT2D eigenvalue weighted by Crippen LogP contribution is -1.99. The Hall–Kier alpha value is -5.48. The van der Waals surface area contributed by atoms with Gasteiger partial charge >= 0.3 is 0 Å². The number of pyridine rings is 1. The normalized spacial score (nSPS) is 11.6. The molecular formula is C39H30N4. The number of nitrogens with zero attached hydrogens (tertiary/aromatic N) is 4. The maximum atomic E-state index is 5.20. The summed E-state index contributed by atoms with van der Waals surface area (Å²) < 4.78 is 4.39. The molecule has 8 rings (SSSR count). The van der Waals surface area contributed by atoms with Crippen molar-refractivity contribution in [1.82, 2.24) is 19.2 Å². The summed E-state index contributed by atoms with van der Waals surface area (Å²) in [6.45, 7) is 4.35. The van der Waals surface area contributed by atoms with Crippen LogP contribution in [0.4, 0.5) is 0 Å². The molecule has 0 saturated heterocycles. The Labute approximate surface area is 250 Å². The molecule has 0 atom stereocenters. The molecule has 0 aliphatic carbocycles. The van der Waals surface area contributed by atoms with E-state index in [9.17, 15) is 0 Å². The third-order valence-corrected chi connectivity index (χ3v) is 8.49. The molecule has 8 aromatic rings. The number of rotatable bonds is 5. The standard InChI is InChI=1S/C39H30N4/c1-3-37-40-34-15-9-10-16-35(34)42(37)32-23-21-28(22-24-32)27-17-19-30(20-18-27)38-26(2)39-33-14-8-7-13-31(33)25-36(43(39)41-38)29-11-5-4-6-12-29/h4-25H,3H2,1-2H3. The number of hydrogen-bond acceptors (Lipinski definition) is 2. The molecule has 43 heavy (non-hydrogen) atoms. The van der Waals surface area contributed by atoms with E-state index in [-0.39, 0.29) is 0 Å². The van der Waals surface area contributed by atoms with Crippen molar-refractivity contribution in [1.29, 1.82) is 0 Å². The summed E-state index contributed by atoms with van der Waals surface area (Å²) in [5.41, 5.74) is 12.4. The van der Waals surface area contributed by atoms with E-state index < -0.39 is 0 Å². The average Bonchev–Trinajstić information content (AvgIpc) is 3.63. The number of para-hydroxylation sites is 2. The van der Waals surface area contributed by atoms with Crippen LogP contribution in [0.2, 0.25) is 0 Å². The quantitative estimate of drug-likeness (QED) is 0.212. The fourth-order valence-corrected chi connectivity index (χ4v) is 6.35. The number of hydrogen-bond donors (Lipinski definition) is 0. The lowest BCUT2D eigenvalue weighted by atomic mass is 10.00. The summed E-state index contributed by atoms with van der Waals surface area (Å²) in [7, 11) is 0. The topological polar surface area (TPSA) is 35.1 Å². The Morgan fingerprint density at radius 3 is 2.05 bits per heavy atom. The van der Waals surface area contributed by atoms with Gasteiger partial charge in [-0.1, -0.05) is 110 Å². The molecular weight excluding hydrogens is 524 g/mol. The summed E-state index contributed by atoms with van der Waals surface area (Å²) >= 11 is 0. The lowest BCUT2D eigenvalue weighted by Gasteiger charge is -2.10. The highest BCUT2D eigenvalue weighted by Crippen LogP contribution is 2.35. The zero-order valence-electron chi connectivity index (χ0n) is 24.2. The van der Waals surface area contributed by atoms with Gasteiger partial charge in [0.05, 0.1) is 27.9 Å². The zero-order chi connectivity index (χ0) is 28.9. The van der Waals surface area contributed by atoms with E-state index in [1.807, 2.05) is 6.07 Å². The first-order valence-electron chi connectivity index (χ1n) is 14.8. The largest absolute Gasteiger partial charge is 0.296 e. The van der Waals surface area contributed by atoms with E-state index in [1.165, 1.54) is 27.5 Å². The number of benzene rings is 5. The first-order valence-corrected chi connectivity index (χ1v) is 14.8. The van der Waals surface area contributed by atoms with Gasteiger partial charge in [0, 0.05) is 34.2 Å². The van der Waals surface area contributed by atoms with Gasteiger partial charge in [0.15, 0.2) is 0 Å². The summed E-state index contributed by atoms with van der Waals surface area (Å²) in [4.78, 5) is 4.84. The third-order valence-electron chi connectivity index (χ3n) is 8.49. The maximum Gasteiger partial charge on any atom is 0.114 e.